The van der Waals surface area contributed by atoms with E-state index >= 15 is 0 Å². The largest absolute Gasteiger partial charge is 0.496 e. The van der Waals surface area contributed by atoms with Gasteiger partial charge < -0.3 is 20.1 Å². The van der Waals surface area contributed by atoms with E-state index in [0.29, 0.717) is 27.2 Å². The van der Waals surface area contributed by atoms with Crippen LogP contribution in [-0.4, -0.2) is 29.1 Å². The Hall–Kier alpha value is -3.32. The van der Waals surface area contributed by atoms with Gasteiger partial charge in [0.25, 0.3) is 5.56 Å². The number of aromatic carboxylic acids is 1. The Kier molecular flexibility index (Phi) is 5.65. The van der Waals surface area contributed by atoms with Crippen LogP contribution in [0.15, 0.2) is 47.3 Å². The first-order valence-electron chi connectivity index (χ1n) is 8.36. The van der Waals surface area contributed by atoms with Gasteiger partial charge in [-0.3, -0.25) is 9.59 Å². The number of nitrogens with one attached hydrogen (secondary N) is 2. The Morgan fingerprint density at radius 2 is 1.93 bits per heavy atom. The van der Waals surface area contributed by atoms with E-state index in [0.717, 1.165) is 5.56 Å². The van der Waals surface area contributed by atoms with E-state index in [1.54, 1.807) is 24.3 Å². The van der Waals surface area contributed by atoms with Gasteiger partial charge in [-0.2, -0.15) is 0 Å². The molecular weight excluding hydrogens is 384 g/mol. The highest BCUT2D eigenvalue weighted by atomic mass is 35.5. The third kappa shape index (κ3) is 4.15. The van der Waals surface area contributed by atoms with Crippen LogP contribution >= 0.6 is 11.6 Å². The number of H-pyrrole nitrogens is 1. The first-order chi connectivity index (χ1) is 13.4. The second-order valence-electron chi connectivity index (χ2n) is 6.11. The fourth-order valence-corrected chi connectivity index (χ4v) is 3.18. The van der Waals surface area contributed by atoms with Crippen molar-refractivity contribution in [1.82, 2.24) is 10.3 Å². The van der Waals surface area contributed by atoms with Crippen LogP contribution in [0, 0.1) is 0 Å². The number of methoxy groups -OCH3 is 1. The molecule has 3 rings (SSSR count). The van der Waals surface area contributed by atoms with Crippen molar-refractivity contribution in [2.45, 2.75) is 13.0 Å². The molecule has 0 radical (unpaired) electrons. The smallest absolute Gasteiger partial charge is 0.341 e. The number of amides is 1. The normalized spacial score (nSPS) is 10.6. The second kappa shape index (κ2) is 8.14. The molecule has 0 spiro atoms. The Balaban J connectivity index is 1.84. The van der Waals surface area contributed by atoms with Crippen LogP contribution in [0.4, 0.5) is 0 Å². The van der Waals surface area contributed by atoms with E-state index in [2.05, 4.69) is 10.3 Å². The molecule has 1 aromatic heterocycles. The highest BCUT2D eigenvalue weighted by Crippen LogP contribution is 2.23. The summed E-state index contributed by atoms with van der Waals surface area (Å²) in [6.07, 6.45) is 0.127. The zero-order valence-electron chi connectivity index (χ0n) is 14.9. The van der Waals surface area contributed by atoms with Crippen molar-refractivity contribution in [2.75, 3.05) is 7.11 Å². The number of hydrogen-bond acceptors (Lipinski definition) is 4. The third-order valence-electron chi connectivity index (χ3n) is 4.25. The number of para-hydroxylation sites is 1. The number of pyridine rings is 1. The zero-order valence-corrected chi connectivity index (χ0v) is 15.7. The van der Waals surface area contributed by atoms with Crippen LogP contribution in [0.25, 0.3) is 10.9 Å². The van der Waals surface area contributed by atoms with E-state index in [4.69, 9.17) is 21.4 Å². The summed E-state index contributed by atoms with van der Waals surface area (Å²) in [5.74, 6) is -0.937. The summed E-state index contributed by atoms with van der Waals surface area (Å²) < 4.78 is 5.24. The summed E-state index contributed by atoms with van der Waals surface area (Å²) in [6, 6.07) is 11.7. The number of rotatable bonds is 6. The average Bonchev–Trinajstić information content (AvgIpc) is 2.66. The van der Waals surface area contributed by atoms with Crippen molar-refractivity contribution in [2.24, 2.45) is 0 Å². The predicted molar refractivity (Wildman–Crippen MR) is 105 cm³/mol. The summed E-state index contributed by atoms with van der Waals surface area (Å²) in [7, 11) is 1.54. The molecule has 0 unspecified atom stereocenters. The van der Waals surface area contributed by atoms with E-state index in [-0.39, 0.29) is 24.4 Å². The highest BCUT2D eigenvalue weighted by Gasteiger charge is 2.14. The predicted octanol–water partition coefficient (Wildman–Crippen LogP) is 2.75. The van der Waals surface area contributed by atoms with Crippen LogP contribution in [-0.2, 0) is 17.8 Å². The quantitative estimate of drug-likeness (QED) is 0.589. The standard InChI is InChI=1S/C20H17ClN2O5/c1-28-16-5-3-2-4-11(16)9-17(24)22-10-13-7-14(21)6-12-8-15(20(26)27)19(25)23-18(12)13/h2-8H,9-10H2,1H3,(H,22,24)(H,23,25)(H,26,27). The molecule has 0 saturated carbocycles. The second-order valence-corrected chi connectivity index (χ2v) is 6.55. The van der Waals surface area contributed by atoms with Crippen LogP contribution < -0.4 is 15.6 Å². The molecule has 28 heavy (non-hydrogen) atoms. The van der Waals surface area contributed by atoms with Gasteiger partial charge in [0, 0.05) is 22.5 Å². The summed E-state index contributed by atoms with van der Waals surface area (Å²) >= 11 is 6.11. The molecule has 0 fully saturated rings. The Morgan fingerprint density at radius 3 is 2.64 bits per heavy atom. The maximum atomic E-state index is 12.3. The first-order valence-corrected chi connectivity index (χ1v) is 8.74. The van der Waals surface area contributed by atoms with Gasteiger partial charge in [-0.1, -0.05) is 29.8 Å². The van der Waals surface area contributed by atoms with E-state index in [1.807, 2.05) is 12.1 Å². The van der Waals surface area contributed by atoms with Crippen LogP contribution in [0.5, 0.6) is 5.75 Å². The average molecular weight is 401 g/mol. The number of aromatic amines is 1. The third-order valence-corrected chi connectivity index (χ3v) is 4.47. The molecule has 0 bridgehead atoms. The Labute approximate surface area is 164 Å². The summed E-state index contributed by atoms with van der Waals surface area (Å²) in [5.41, 5.74) is 0.657. The van der Waals surface area contributed by atoms with Gasteiger partial charge in [0.05, 0.1) is 19.0 Å². The van der Waals surface area contributed by atoms with Crippen LogP contribution in [0.1, 0.15) is 21.5 Å². The lowest BCUT2D eigenvalue weighted by molar-refractivity contribution is -0.120. The van der Waals surface area contributed by atoms with E-state index in [1.165, 1.54) is 13.2 Å². The highest BCUT2D eigenvalue weighted by molar-refractivity contribution is 6.31. The van der Waals surface area contributed by atoms with Gasteiger partial charge in [0.15, 0.2) is 0 Å². The molecule has 3 N–H and O–H groups in total. The molecule has 8 heteroatoms. The van der Waals surface area contributed by atoms with Crippen molar-refractivity contribution in [1.29, 1.82) is 0 Å². The zero-order chi connectivity index (χ0) is 20.3. The Bertz CT molecular complexity index is 1120. The van der Waals surface area contributed by atoms with Gasteiger partial charge >= 0.3 is 5.97 Å². The SMILES string of the molecule is COc1ccccc1CC(=O)NCc1cc(Cl)cc2cc(C(=O)O)c(=O)[nH]c12. The fraction of sp³-hybridized carbons (Fsp3) is 0.150. The molecule has 0 saturated heterocycles. The van der Waals surface area contributed by atoms with Crippen LogP contribution in [0.2, 0.25) is 5.02 Å². The number of benzene rings is 2. The molecule has 0 aliphatic heterocycles. The lowest BCUT2D eigenvalue weighted by atomic mass is 10.1. The monoisotopic (exact) mass is 400 g/mol. The maximum absolute atomic E-state index is 12.3. The number of hydrogen-bond donors (Lipinski definition) is 3. The van der Waals surface area contributed by atoms with Crippen molar-refractivity contribution >= 4 is 34.4 Å². The number of halogens is 1. The molecule has 7 nitrogen and oxygen atoms in total. The van der Waals surface area contributed by atoms with Crippen molar-refractivity contribution in [3.63, 3.8) is 0 Å². The minimum absolute atomic E-state index is 0.118. The minimum Gasteiger partial charge on any atom is -0.496 e. The molecule has 0 aliphatic rings. The first kappa shape index (κ1) is 19.4. The number of carbonyl (C=O) groups is 2. The molecule has 0 atom stereocenters. The van der Waals surface area contributed by atoms with E-state index in [9.17, 15) is 14.4 Å². The minimum atomic E-state index is -1.32. The molecule has 2 aromatic carbocycles. The van der Waals surface area contributed by atoms with Crippen LogP contribution in [0.3, 0.4) is 0 Å². The number of ether oxygens (including phenoxy) is 1. The molecule has 1 amide bonds. The number of carbonyl (C=O) groups excluding carboxylic acids is 1. The van der Waals surface area contributed by atoms with Gasteiger partial charge in [0.2, 0.25) is 5.91 Å². The molecular formula is C20H17ClN2O5. The van der Waals surface area contributed by atoms with Crippen molar-refractivity contribution in [3.05, 3.63) is 74.5 Å². The van der Waals surface area contributed by atoms with E-state index < -0.39 is 11.5 Å². The van der Waals surface area contributed by atoms with Gasteiger partial charge in [-0.25, -0.2) is 4.79 Å². The van der Waals surface area contributed by atoms with Gasteiger partial charge in [0.1, 0.15) is 11.3 Å². The Morgan fingerprint density at radius 1 is 1.18 bits per heavy atom. The van der Waals surface area contributed by atoms with Crippen molar-refractivity contribution in [3.8, 4) is 5.75 Å². The summed E-state index contributed by atoms with van der Waals surface area (Å²) in [4.78, 5) is 38.0. The fourth-order valence-electron chi connectivity index (χ4n) is 2.93. The lowest BCUT2D eigenvalue weighted by Gasteiger charge is -2.11. The number of carboxylic acids is 1. The number of aromatic nitrogens is 1. The van der Waals surface area contributed by atoms with Gasteiger partial charge in [-0.05, 0) is 29.8 Å². The summed E-state index contributed by atoms with van der Waals surface area (Å²) in [5, 5.41) is 12.7. The maximum Gasteiger partial charge on any atom is 0.341 e. The number of carboxylic acid groups (broad SMARTS) is 1. The lowest BCUT2D eigenvalue weighted by Crippen LogP contribution is -2.25. The topological polar surface area (TPSA) is 108 Å². The number of fused-ring (bicyclic) bond motifs is 1. The van der Waals surface area contributed by atoms with Gasteiger partial charge in [-0.15, -0.1) is 0 Å². The van der Waals surface area contributed by atoms with Crippen molar-refractivity contribution < 1.29 is 19.4 Å². The molecule has 144 valence electrons. The molecule has 0 aliphatic carbocycles. The summed E-state index contributed by atoms with van der Waals surface area (Å²) in [6.45, 7) is 0.118. The molecule has 3 aromatic rings. The molecule has 1 heterocycles.